The van der Waals surface area contributed by atoms with E-state index in [-0.39, 0.29) is 22.4 Å². The second-order valence-corrected chi connectivity index (χ2v) is 11.7. The third-order valence-electron chi connectivity index (χ3n) is 6.34. The van der Waals surface area contributed by atoms with Crippen LogP contribution in [0, 0.1) is 5.82 Å². The summed E-state index contributed by atoms with van der Waals surface area (Å²) in [6.07, 6.45) is -5.05. The normalized spacial score (nSPS) is 12.3. The van der Waals surface area contributed by atoms with Gasteiger partial charge >= 0.3 is 18.2 Å². The van der Waals surface area contributed by atoms with Crippen LogP contribution in [0.15, 0.2) is 59.6 Å². The Morgan fingerprint density at radius 1 is 1.02 bits per heavy atom. The van der Waals surface area contributed by atoms with Crippen molar-refractivity contribution in [1.82, 2.24) is 14.9 Å². The summed E-state index contributed by atoms with van der Waals surface area (Å²) in [6, 6.07) is 7.53. The molecule has 0 spiro atoms. The van der Waals surface area contributed by atoms with E-state index in [0.29, 0.717) is 18.7 Å². The number of aliphatic carboxylic acids is 1. The Morgan fingerprint density at radius 2 is 1.62 bits per heavy atom. The maximum absolute atomic E-state index is 13.8. The number of carbonyl (C=O) groups excluding carboxylic acids is 1. The van der Waals surface area contributed by atoms with Gasteiger partial charge in [0.25, 0.3) is 10.0 Å². The third-order valence-corrected chi connectivity index (χ3v) is 8.11. The van der Waals surface area contributed by atoms with Gasteiger partial charge in [0.1, 0.15) is 29.8 Å². The van der Waals surface area contributed by atoms with E-state index in [2.05, 4.69) is 15.3 Å². The number of hydrogen-bond acceptors (Lipinski definition) is 9. The van der Waals surface area contributed by atoms with Crippen molar-refractivity contribution in [3.63, 3.8) is 0 Å². The van der Waals surface area contributed by atoms with Crippen LogP contribution in [0.3, 0.4) is 0 Å². The molecule has 3 aromatic rings. The number of rotatable bonds is 13. The van der Waals surface area contributed by atoms with Gasteiger partial charge in [-0.2, -0.15) is 18.2 Å². The lowest BCUT2D eigenvalue weighted by Crippen LogP contribution is -2.41. The smallest absolute Gasteiger partial charge is 0.414 e. The van der Waals surface area contributed by atoms with Gasteiger partial charge in [0.2, 0.25) is 5.95 Å². The molecule has 1 heterocycles. The van der Waals surface area contributed by atoms with Gasteiger partial charge in [-0.15, -0.1) is 0 Å². The van der Waals surface area contributed by atoms with Crippen LogP contribution in [0.25, 0.3) is 0 Å². The van der Waals surface area contributed by atoms with Gasteiger partial charge in [-0.3, -0.25) is 4.31 Å². The van der Waals surface area contributed by atoms with E-state index in [4.69, 9.17) is 4.74 Å². The Bertz CT molecular complexity index is 1580. The maximum Gasteiger partial charge on any atom is 0.414 e. The van der Waals surface area contributed by atoms with Crippen molar-refractivity contribution in [3.8, 4) is 5.75 Å². The minimum Gasteiger partial charge on any atom is -0.480 e. The Kier molecular flexibility index (Phi) is 11.1. The third kappa shape index (κ3) is 9.17. The summed E-state index contributed by atoms with van der Waals surface area (Å²) in [7, 11) is -2.00. The number of aromatic nitrogens is 2. The lowest BCUT2D eigenvalue weighted by Gasteiger charge is -2.29. The van der Waals surface area contributed by atoms with Gasteiger partial charge in [0.15, 0.2) is 5.82 Å². The molecule has 17 heteroatoms. The molecule has 0 saturated heterocycles. The van der Waals surface area contributed by atoms with Crippen LogP contribution < -0.4 is 19.3 Å². The van der Waals surface area contributed by atoms with Crippen LogP contribution in [-0.2, 0) is 21.2 Å². The van der Waals surface area contributed by atoms with Gasteiger partial charge in [0, 0.05) is 33.6 Å². The summed E-state index contributed by atoms with van der Waals surface area (Å²) in [5.41, 5.74) is -0.241. The number of carbonyl (C=O) groups is 2. The average molecular weight is 657 g/mol. The Hall–Kier alpha value is -4.67. The number of carboxylic acids is 1. The van der Waals surface area contributed by atoms with Crippen molar-refractivity contribution in [1.29, 1.82) is 0 Å². The lowest BCUT2D eigenvalue weighted by molar-refractivity contribution is -0.137. The lowest BCUT2D eigenvalue weighted by atomic mass is 10.1. The molecular formula is C28H32F4N6O6S. The molecule has 45 heavy (non-hydrogen) atoms. The molecule has 2 N–H and O–H groups in total. The summed E-state index contributed by atoms with van der Waals surface area (Å²) in [5.74, 6) is -2.53. The SMILES string of the molecule is CCN(CC)c1ncc(N(CC(F)(F)F)S(=O)(=O)c2ccc(F)cc2)c(NC(Cc2ccc(OC(=O)N(C)C)cc2)C(=O)O)n1. The van der Waals surface area contributed by atoms with E-state index in [1.807, 2.05) is 0 Å². The molecule has 0 radical (unpaired) electrons. The van der Waals surface area contributed by atoms with E-state index in [0.717, 1.165) is 30.5 Å². The first-order valence-corrected chi connectivity index (χ1v) is 14.9. The van der Waals surface area contributed by atoms with Crippen molar-refractivity contribution in [3.05, 3.63) is 66.1 Å². The molecule has 244 valence electrons. The average Bonchev–Trinajstić information content (AvgIpc) is 2.97. The van der Waals surface area contributed by atoms with E-state index in [1.54, 1.807) is 18.7 Å². The highest BCUT2D eigenvalue weighted by Gasteiger charge is 2.39. The molecule has 0 fully saturated rings. The summed E-state index contributed by atoms with van der Waals surface area (Å²) < 4.78 is 87.2. The second kappa shape index (κ2) is 14.4. The number of nitrogens with zero attached hydrogens (tertiary/aromatic N) is 5. The molecule has 1 aromatic heterocycles. The minimum absolute atomic E-state index is 0.00137. The predicted octanol–water partition coefficient (Wildman–Crippen LogP) is 4.39. The number of carboxylic acid groups (broad SMARTS) is 1. The molecule has 1 unspecified atom stereocenters. The van der Waals surface area contributed by atoms with Crippen molar-refractivity contribution >= 4 is 39.5 Å². The molecule has 0 aliphatic carbocycles. The number of amides is 1. The van der Waals surface area contributed by atoms with E-state index >= 15 is 0 Å². The first kappa shape index (κ1) is 34.8. The van der Waals surface area contributed by atoms with Gasteiger partial charge < -0.3 is 25.0 Å². The number of alkyl halides is 3. The molecule has 12 nitrogen and oxygen atoms in total. The fraction of sp³-hybridized carbons (Fsp3) is 0.357. The van der Waals surface area contributed by atoms with Gasteiger partial charge in [0.05, 0.1) is 11.1 Å². The van der Waals surface area contributed by atoms with Crippen LogP contribution in [-0.4, -0.2) is 86.4 Å². The quantitative estimate of drug-likeness (QED) is 0.254. The summed E-state index contributed by atoms with van der Waals surface area (Å²) in [6.45, 7) is 2.27. The molecule has 0 aliphatic heterocycles. The zero-order valence-corrected chi connectivity index (χ0v) is 25.6. The van der Waals surface area contributed by atoms with E-state index in [1.165, 1.54) is 43.3 Å². The van der Waals surface area contributed by atoms with E-state index in [9.17, 15) is 40.7 Å². The molecule has 0 saturated carbocycles. The zero-order chi connectivity index (χ0) is 33.5. The number of hydrogen-bond donors (Lipinski definition) is 2. The minimum atomic E-state index is -5.05. The largest absolute Gasteiger partial charge is 0.480 e. The number of anilines is 3. The number of ether oxygens (including phenoxy) is 1. The number of halogens is 4. The highest BCUT2D eigenvalue weighted by Crippen LogP contribution is 2.34. The number of nitrogens with one attached hydrogen (secondary N) is 1. The monoisotopic (exact) mass is 656 g/mol. The number of benzene rings is 2. The highest BCUT2D eigenvalue weighted by molar-refractivity contribution is 7.92. The predicted molar refractivity (Wildman–Crippen MR) is 157 cm³/mol. The van der Waals surface area contributed by atoms with Crippen molar-refractivity contribution in [2.45, 2.75) is 37.4 Å². The maximum atomic E-state index is 13.8. The molecule has 1 amide bonds. The summed E-state index contributed by atoms with van der Waals surface area (Å²) in [4.78, 5) is 34.7. The Labute approximate surface area is 257 Å². The van der Waals surface area contributed by atoms with Gasteiger partial charge in [-0.05, 0) is 55.8 Å². The van der Waals surface area contributed by atoms with Crippen molar-refractivity contribution < 1.29 is 45.4 Å². The first-order chi connectivity index (χ1) is 21.0. The molecule has 2 aromatic carbocycles. The van der Waals surface area contributed by atoms with Crippen LogP contribution in [0.1, 0.15) is 19.4 Å². The van der Waals surface area contributed by atoms with Crippen LogP contribution in [0.5, 0.6) is 5.75 Å². The van der Waals surface area contributed by atoms with E-state index < -0.39 is 63.1 Å². The highest BCUT2D eigenvalue weighted by atomic mass is 32.2. The van der Waals surface area contributed by atoms with Crippen molar-refractivity contribution in [2.75, 3.05) is 48.3 Å². The van der Waals surface area contributed by atoms with Gasteiger partial charge in [-0.1, -0.05) is 12.1 Å². The standard InChI is InChI=1S/C28H32F4N6O6S/c1-5-37(6-2)26-33-16-23(38(17-28(30,31)32)45(42,43)21-13-9-19(29)10-14-21)24(35-26)34-22(25(39)40)15-18-7-11-20(12-8-18)44-27(41)36(3)4/h7-14,16,22H,5-6,15,17H2,1-4H3,(H,39,40)(H,33,34,35). The zero-order valence-electron chi connectivity index (χ0n) is 24.7. The van der Waals surface area contributed by atoms with Gasteiger partial charge in [-0.25, -0.2) is 27.4 Å². The molecule has 0 aliphatic rings. The van der Waals surface area contributed by atoms with Crippen molar-refractivity contribution in [2.24, 2.45) is 0 Å². The first-order valence-electron chi connectivity index (χ1n) is 13.5. The fourth-order valence-corrected chi connectivity index (χ4v) is 5.44. The Morgan fingerprint density at radius 3 is 2.13 bits per heavy atom. The molecule has 1 atom stereocenters. The second-order valence-electron chi connectivity index (χ2n) is 9.80. The topological polar surface area (TPSA) is 145 Å². The summed E-state index contributed by atoms with van der Waals surface area (Å²) >= 11 is 0. The summed E-state index contributed by atoms with van der Waals surface area (Å²) in [5, 5.41) is 12.6. The number of sulfonamides is 1. The van der Waals surface area contributed by atoms with Crippen LogP contribution in [0.4, 0.5) is 39.8 Å². The fourth-order valence-electron chi connectivity index (χ4n) is 4.00. The molecule has 0 bridgehead atoms. The van der Waals surface area contributed by atoms with Crippen LogP contribution >= 0.6 is 0 Å². The van der Waals surface area contributed by atoms with Crippen LogP contribution in [0.2, 0.25) is 0 Å². The Balaban J connectivity index is 2.09. The molecular weight excluding hydrogens is 624 g/mol. The molecule has 3 rings (SSSR count).